The molecule has 0 bridgehead atoms. The molecule has 1 amide bonds. The predicted molar refractivity (Wildman–Crippen MR) is 76.3 cm³/mol. The predicted octanol–water partition coefficient (Wildman–Crippen LogP) is 0.936. The lowest BCUT2D eigenvalue weighted by atomic mass is 10.2. The molecule has 1 unspecified atom stereocenters. The van der Waals surface area contributed by atoms with E-state index in [1.54, 1.807) is 26.4 Å². The summed E-state index contributed by atoms with van der Waals surface area (Å²) in [5.74, 6) is 1.31. The fourth-order valence-corrected chi connectivity index (χ4v) is 1.83. The number of ether oxygens (including phenoxy) is 3. The largest absolute Gasteiger partial charge is 0.493 e. The van der Waals surface area contributed by atoms with Crippen molar-refractivity contribution in [3.8, 4) is 17.2 Å². The number of rotatable bonds is 9. The smallest absolute Gasteiger partial charge is 0.234 e. The molecule has 1 aromatic rings. The lowest BCUT2D eigenvalue weighted by Crippen LogP contribution is -2.42. The van der Waals surface area contributed by atoms with Gasteiger partial charge in [0.1, 0.15) is 0 Å². The zero-order chi connectivity index (χ0) is 15.0. The van der Waals surface area contributed by atoms with Crippen LogP contribution in [0.15, 0.2) is 18.2 Å². The van der Waals surface area contributed by atoms with Gasteiger partial charge in [-0.3, -0.25) is 4.79 Å². The van der Waals surface area contributed by atoms with E-state index < -0.39 is 6.04 Å². The lowest BCUT2D eigenvalue weighted by Gasteiger charge is -2.17. The van der Waals surface area contributed by atoms with E-state index in [4.69, 9.17) is 19.9 Å². The molecular formula is C14H22N2O4. The Balaban J connectivity index is 2.67. The van der Waals surface area contributed by atoms with Crippen molar-refractivity contribution in [1.82, 2.24) is 5.32 Å². The van der Waals surface area contributed by atoms with E-state index in [-0.39, 0.29) is 5.91 Å². The second-order valence-electron chi connectivity index (χ2n) is 4.14. The van der Waals surface area contributed by atoms with Gasteiger partial charge in [-0.1, -0.05) is 13.0 Å². The minimum Gasteiger partial charge on any atom is -0.493 e. The van der Waals surface area contributed by atoms with E-state index >= 15 is 0 Å². The molecule has 0 saturated carbocycles. The molecule has 0 radical (unpaired) electrons. The van der Waals surface area contributed by atoms with Crippen LogP contribution in [0.3, 0.4) is 0 Å². The molecule has 1 atom stereocenters. The van der Waals surface area contributed by atoms with E-state index in [1.165, 1.54) is 0 Å². The maximum absolute atomic E-state index is 11.2. The van der Waals surface area contributed by atoms with Crippen LogP contribution in [0.2, 0.25) is 0 Å². The number of nitrogens with one attached hydrogen (secondary N) is 1. The molecule has 6 heteroatoms. The van der Waals surface area contributed by atoms with Gasteiger partial charge in [-0.15, -0.1) is 0 Å². The van der Waals surface area contributed by atoms with Crippen molar-refractivity contribution in [2.24, 2.45) is 5.73 Å². The van der Waals surface area contributed by atoms with Crippen LogP contribution in [0.5, 0.6) is 17.2 Å². The Labute approximate surface area is 119 Å². The molecule has 0 aliphatic heterocycles. The Bertz CT molecular complexity index is 415. The number of amides is 1. The van der Waals surface area contributed by atoms with Gasteiger partial charge in [-0.05, 0) is 18.7 Å². The first-order valence-corrected chi connectivity index (χ1v) is 6.50. The molecule has 0 aliphatic rings. The minimum absolute atomic E-state index is 0.331. The Hall–Kier alpha value is -1.95. The van der Waals surface area contributed by atoms with Crippen LogP contribution in [-0.4, -0.2) is 39.3 Å². The summed E-state index contributed by atoms with van der Waals surface area (Å²) < 4.78 is 16.1. The van der Waals surface area contributed by atoms with Crippen LogP contribution in [-0.2, 0) is 4.79 Å². The fraction of sp³-hybridized carbons (Fsp3) is 0.500. The maximum Gasteiger partial charge on any atom is 0.234 e. The third-order valence-corrected chi connectivity index (χ3v) is 2.83. The first-order valence-electron chi connectivity index (χ1n) is 6.50. The molecule has 0 aromatic heterocycles. The van der Waals surface area contributed by atoms with Gasteiger partial charge >= 0.3 is 0 Å². The number of nitrogens with two attached hydrogens (primary N) is 1. The summed E-state index contributed by atoms with van der Waals surface area (Å²) >= 11 is 0. The second kappa shape index (κ2) is 8.27. The van der Waals surface area contributed by atoms with Crippen LogP contribution in [0.1, 0.15) is 13.3 Å². The van der Waals surface area contributed by atoms with Crippen LogP contribution >= 0.6 is 0 Å². The average Bonchev–Trinajstić information content (AvgIpc) is 2.46. The highest BCUT2D eigenvalue weighted by atomic mass is 16.5. The number of hydrogen-bond donors (Lipinski definition) is 2. The van der Waals surface area contributed by atoms with Gasteiger partial charge in [0, 0.05) is 6.42 Å². The third-order valence-electron chi connectivity index (χ3n) is 2.83. The van der Waals surface area contributed by atoms with Gasteiger partial charge in [0.15, 0.2) is 11.5 Å². The first-order chi connectivity index (χ1) is 9.63. The van der Waals surface area contributed by atoms with Crippen molar-refractivity contribution >= 4 is 5.91 Å². The van der Waals surface area contributed by atoms with Gasteiger partial charge < -0.3 is 25.3 Å². The monoisotopic (exact) mass is 282 g/mol. The number of carbonyl (C=O) groups is 1. The van der Waals surface area contributed by atoms with Gasteiger partial charge in [0.05, 0.1) is 26.9 Å². The first kappa shape index (κ1) is 16.1. The summed E-state index contributed by atoms with van der Waals surface area (Å²) in [5, 5.41) is 3.01. The summed E-state index contributed by atoms with van der Waals surface area (Å²) in [4.78, 5) is 11.2. The number of primary amides is 1. The topological polar surface area (TPSA) is 82.8 Å². The highest BCUT2D eigenvalue weighted by molar-refractivity contribution is 5.79. The van der Waals surface area contributed by atoms with Crippen LogP contribution in [0, 0.1) is 0 Å². The van der Waals surface area contributed by atoms with Gasteiger partial charge in [0.25, 0.3) is 0 Å². The fourth-order valence-electron chi connectivity index (χ4n) is 1.83. The molecule has 1 aromatic carbocycles. The van der Waals surface area contributed by atoms with E-state index in [1.807, 2.05) is 13.0 Å². The Morgan fingerprint density at radius 2 is 1.90 bits per heavy atom. The number of carbonyl (C=O) groups excluding carboxylic acids is 1. The number of para-hydroxylation sites is 1. The zero-order valence-corrected chi connectivity index (χ0v) is 12.1. The third kappa shape index (κ3) is 4.31. The van der Waals surface area contributed by atoms with Crippen LogP contribution in [0.4, 0.5) is 0 Å². The zero-order valence-electron chi connectivity index (χ0n) is 12.1. The van der Waals surface area contributed by atoms with Gasteiger partial charge in [-0.25, -0.2) is 0 Å². The van der Waals surface area contributed by atoms with E-state index in [0.717, 1.165) is 0 Å². The lowest BCUT2D eigenvalue weighted by molar-refractivity contribution is -0.120. The van der Waals surface area contributed by atoms with E-state index in [9.17, 15) is 4.79 Å². The van der Waals surface area contributed by atoms with Crippen LogP contribution < -0.4 is 25.3 Å². The van der Waals surface area contributed by atoms with Crippen molar-refractivity contribution in [1.29, 1.82) is 0 Å². The van der Waals surface area contributed by atoms with Crippen molar-refractivity contribution in [3.05, 3.63) is 18.2 Å². The molecule has 0 spiro atoms. The standard InChI is InChI=1S/C14H22N2O4/c1-4-16-10(14(15)17)8-9-20-13-11(18-2)6-5-7-12(13)19-3/h5-7,10,16H,4,8-9H2,1-3H3,(H2,15,17). The number of methoxy groups -OCH3 is 2. The summed E-state index contributed by atoms with van der Waals surface area (Å²) in [6, 6.07) is 4.98. The summed E-state index contributed by atoms with van der Waals surface area (Å²) in [7, 11) is 3.12. The molecule has 3 N–H and O–H groups in total. The molecule has 20 heavy (non-hydrogen) atoms. The normalized spacial score (nSPS) is 11.8. The quantitative estimate of drug-likeness (QED) is 0.704. The molecule has 0 aliphatic carbocycles. The molecule has 0 saturated heterocycles. The maximum atomic E-state index is 11.2. The minimum atomic E-state index is -0.402. The van der Waals surface area contributed by atoms with Gasteiger partial charge in [0.2, 0.25) is 11.7 Å². The molecular weight excluding hydrogens is 260 g/mol. The van der Waals surface area contributed by atoms with Crippen molar-refractivity contribution in [3.63, 3.8) is 0 Å². The second-order valence-corrected chi connectivity index (χ2v) is 4.14. The molecule has 0 fully saturated rings. The Kier molecular flexibility index (Phi) is 6.66. The molecule has 1 rings (SSSR count). The van der Waals surface area contributed by atoms with Crippen LogP contribution in [0.25, 0.3) is 0 Å². The Morgan fingerprint density at radius 3 is 2.35 bits per heavy atom. The SMILES string of the molecule is CCNC(CCOc1c(OC)cccc1OC)C(N)=O. The van der Waals surface area contributed by atoms with Crippen molar-refractivity contribution in [2.75, 3.05) is 27.4 Å². The highest BCUT2D eigenvalue weighted by Crippen LogP contribution is 2.36. The summed E-state index contributed by atoms with van der Waals surface area (Å²) in [5.41, 5.74) is 5.31. The van der Waals surface area contributed by atoms with Crippen molar-refractivity contribution in [2.45, 2.75) is 19.4 Å². The van der Waals surface area contributed by atoms with E-state index in [0.29, 0.717) is 36.8 Å². The molecule has 0 heterocycles. The van der Waals surface area contributed by atoms with Gasteiger partial charge in [-0.2, -0.15) is 0 Å². The Morgan fingerprint density at radius 1 is 1.30 bits per heavy atom. The number of benzene rings is 1. The van der Waals surface area contributed by atoms with E-state index in [2.05, 4.69) is 5.32 Å². The molecule has 6 nitrogen and oxygen atoms in total. The average molecular weight is 282 g/mol. The highest BCUT2D eigenvalue weighted by Gasteiger charge is 2.16. The number of likely N-dealkylation sites (N-methyl/N-ethyl adjacent to an activating group) is 1. The number of hydrogen-bond acceptors (Lipinski definition) is 5. The summed E-state index contributed by atoms with van der Waals surface area (Å²) in [6.07, 6.45) is 0.477. The van der Waals surface area contributed by atoms with Crippen molar-refractivity contribution < 1.29 is 19.0 Å². The summed E-state index contributed by atoms with van der Waals surface area (Å²) in [6.45, 7) is 2.92. The molecule has 112 valence electrons.